The van der Waals surface area contributed by atoms with E-state index in [1.165, 1.54) is 0 Å². The monoisotopic (exact) mass is 259 g/mol. The van der Waals surface area contributed by atoms with Crippen LogP contribution < -0.4 is 10.6 Å². The van der Waals surface area contributed by atoms with Crippen molar-refractivity contribution in [3.8, 4) is 0 Å². The minimum Gasteiger partial charge on any atom is -0.382 e. The zero-order valence-electron chi connectivity index (χ0n) is 9.43. The van der Waals surface area contributed by atoms with Gasteiger partial charge in [0.15, 0.2) is 0 Å². The molecule has 2 rings (SSSR count). The summed E-state index contributed by atoms with van der Waals surface area (Å²) in [6.45, 7) is 6.38. The molecule has 0 amide bonds. The standard InChI is InChI=1S/C11H15Cl2N3/c1-11(2)3-4-16(6-11)10-8(13)5-7(12)9(14)15-10/h5H,3-4,6H2,1-2H3,(H2,14,15). The average molecular weight is 260 g/mol. The molecule has 0 bridgehead atoms. The van der Waals surface area contributed by atoms with Gasteiger partial charge in [-0.05, 0) is 17.9 Å². The van der Waals surface area contributed by atoms with Crippen molar-refractivity contribution >= 4 is 34.8 Å². The fraction of sp³-hybridized carbons (Fsp3) is 0.545. The van der Waals surface area contributed by atoms with E-state index in [-0.39, 0.29) is 0 Å². The minimum atomic E-state index is 0.305. The van der Waals surface area contributed by atoms with Crippen LogP contribution in [0.15, 0.2) is 6.07 Å². The normalized spacial score (nSPS) is 19.1. The molecule has 1 aromatic heterocycles. The highest BCUT2D eigenvalue weighted by atomic mass is 35.5. The maximum Gasteiger partial charge on any atom is 0.149 e. The van der Waals surface area contributed by atoms with Crippen LogP contribution in [0.3, 0.4) is 0 Å². The summed E-state index contributed by atoms with van der Waals surface area (Å²) in [7, 11) is 0. The second kappa shape index (κ2) is 3.97. The van der Waals surface area contributed by atoms with Crippen LogP contribution in [0.25, 0.3) is 0 Å². The number of hydrogen-bond acceptors (Lipinski definition) is 3. The predicted octanol–water partition coefficient (Wildman–Crippen LogP) is 3.21. The third-order valence-corrected chi connectivity index (χ3v) is 3.50. The van der Waals surface area contributed by atoms with Crippen molar-refractivity contribution in [1.29, 1.82) is 0 Å². The molecule has 1 aliphatic heterocycles. The first kappa shape index (κ1) is 11.8. The summed E-state index contributed by atoms with van der Waals surface area (Å²) in [6.07, 6.45) is 1.13. The van der Waals surface area contributed by atoms with E-state index >= 15 is 0 Å². The Morgan fingerprint density at radius 1 is 1.38 bits per heavy atom. The van der Waals surface area contributed by atoms with E-state index in [0.717, 1.165) is 25.3 Å². The predicted molar refractivity (Wildman–Crippen MR) is 69.3 cm³/mol. The summed E-state index contributed by atoms with van der Waals surface area (Å²) in [5, 5.41) is 0.976. The van der Waals surface area contributed by atoms with Gasteiger partial charge < -0.3 is 10.6 Å². The number of aromatic nitrogens is 1. The van der Waals surface area contributed by atoms with E-state index in [1.54, 1.807) is 6.07 Å². The van der Waals surface area contributed by atoms with E-state index in [1.807, 2.05) is 0 Å². The molecule has 2 N–H and O–H groups in total. The summed E-state index contributed by atoms with van der Waals surface area (Å²) in [4.78, 5) is 6.42. The number of halogens is 2. The molecule has 3 nitrogen and oxygen atoms in total. The van der Waals surface area contributed by atoms with Crippen LogP contribution in [0.2, 0.25) is 10.0 Å². The lowest BCUT2D eigenvalue weighted by molar-refractivity contribution is 0.418. The highest BCUT2D eigenvalue weighted by molar-refractivity contribution is 6.37. The average Bonchev–Trinajstić information content (AvgIpc) is 2.52. The number of nitrogens with zero attached hydrogens (tertiary/aromatic N) is 2. The first-order valence-corrected chi connectivity index (χ1v) is 6.01. The lowest BCUT2D eigenvalue weighted by atomic mass is 9.93. The Labute approximate surface area is 106 Å². The molecule has 0 atom stereocenters. The number of anilines is 2. The van der Waals surface area contributed by atoms with Crippen LogP contribution in [0.5, 0.6) is 0 Å². The van der Waals surface area contributed by atoms with Crippen molar-refractivity contribution in [2.45, 2.75) is 20.3 Å². The molecule has 0 spiro atoms. The highest BCUT2D eigenvalue weighted by Crippen LogP contribution is 2.36. The smallest absolute Gasteiger partial charge is 0.149 e. The lowest BCUT2D eigenvalue weighted by Gasteiger charge is -2.21. The summed E-state index contributed by atoms with van der Waals surface area (Å²) < 4.78 is 0. The second-order valence-electron chi connectivity index (χ2n) is 5.00. The highest BCUT2D eigenvalue weighted by Gasteiger charge is 2.31. The van der Waals surface area contributed by atoms with Gasteiger partial charge in [-0.3, -0.25) is 0 Å². The maximum atomic E-state index is 6.13. The lowest BCUT2D eigenvalue weighted by Crippen LogP contribution is -2.24. The van der Waals surface area contributed by atoms with Crippen LogP contribution in [-0.4, -0.2) is 18.1 Å². The Morgan fingerprint density at radius 2 is 2.06 bits per heavy atom. The van der Waals surface area contributed by atoms with E-state index < -0.39 is 0 Å². The molecule has 2 heterocycles. The van der Waals surface area contributed by atoms with Crippen molar-refractivity contribution in [3.63, 3.8) is 0 Å². The molecule has 5 heteroatoms. The van der Waals surface area contributed by atoms with Crippen molar-refractivity contribution in [2.75, 3.05) is 23.7 Å². The summed E-state index contributed by atoms with van der Waals surface area (Å²) >= 11 is 12.0. The van der Waals surface area contributed by atoms with Gasteiger partial charge in [0.2, 0.25) is 0 Å². The number of pyridine rings is 1. The van der Waals surface area contributed by atoms with Gasteiger partial charge in [0, 0.05) is 13.1 Å². The molecule has 0 aromatic carbocycles. The molecule has 16 heavy (non-hydrogen) atoms. The molecule has 1 fully saturated rings. The van der Waals surface area contributed by atoms with Crippen molar-refractivity contribution < 1.29 is 0 Å². The molecule has 0 saturated carbocycles. The van der Waals surface area contributed by atoms with Gasteiger partial charge in [0.05, 0.1) is 10.0 Å². The third-order valence-electron chi connectivity index (χ3n) is 2.92. The third kappa shape index (κ3) is 2.20. The maximum absolute atomic E-state index is 6.13. The molecular formula is C11H15Cl2N3. The first-order chi connectivity index (χ1) is 7.39. The van der Waals surface area contributed by atoms with Crippen LogP contribution in [0, 0.1) is 5.41 Å². The van der Waals surface area contributed by atoms with Gasteiger partial charge in [-0.2, -0.15) is 0 Å². The SMILES string of the molecule is CC1(C)CCN(c2nc(N)c(Cl)cc2Cl)C1. The second-order valence-corrected chi connectivity index (χ2v) is 5.81. The van der Waals surface area contributed by atoms with Crippen LogP contribution in [0.4, 0.5) is 11.6 Å². The Morgan fingerprint density at radius 3 is 2.62 bits per heavy atom. The van der Waals surface area contributed by atoms with Gasteiger partial charge in [-0.15, -0.1) is 0 Å². The molecule has 0 aliphatic carbocycles. The quantitative estimate of drug-likeness (QED) is 0.843. The fourth-order valence-electron chi connectivity index (χ4n) is 1.99. The Hall–Kier alpha value is -0.670. The van der Waals surface area contributed by atoms with Gasteiger partial charge in [-0.1, -0.05) is 37.0 Å². The summed E-state index contributed by atoms with van der Waals surface area (Å²) in [5.74, 6) is 1.08. The molecule has 1 aromatic rings. The largest absolute Gasteiger partial charge is 0.382 e. The van der Waals surface area contributed by atoms with E-state index in [2.05, 4.69) is 23.7 Å². The van der Waals surface area contributed by atoms with Crippen molar-refractivity contribution in [1.82, 2.24) is 4.98 Å². The van der Waals surface area contributed by atoms with Gasteiger partial charge in [-0.25, -0.2) is 4.98 Å². The number of nitrogens with two attached hydrogens (primary N) is 1. The zero-order valence-corrected chi connectivity index (χ0v) is 10.9. The van der Waals surface area contributed by atoms with Crippen molar-refractivity contribution in [3.05, 3.63) is 16.1 Å². The Balaban J connectivity index is 2.32. The van der Waals surface area contributed by atoms with Crippen LogP contribution >= 0.6 is 23.2 Å². The molecule has 88 valence electrons. The minimum absolute atomic E-state index is 0.305. The molecule has 0 unspecified atom stereocenters. The number of nitrogen functional groups attached to an aromatic ring is 1. The van der Waals surface area contributed by atoms with E-state index in [9.17, 15) is 0 Å². The van der Waals surface area contributed by atoms with Gasteiger partial charge >= 0.3 is 0 Å². The first-order valence-electron chi connectivity index (χ1n) is 5.25. The number of rotatable bonds is 1. The van der Waals surface area contributed by atoms with Gasteiger partial charge in [0.25, 0.3) is 0 Å². The van der Waals surface area contributed by atoms with E-state index in [4.69, 9.17) is 28.9 Å². The number of hydrogen-bond donors (Lipinski definition) is 1. The summed E-state index contributed by atoms with van der Waals surface area (Å²) in [6, 6.07) is 1.66. The van der Waals surface area contributed by atoms with E-state index in [0.29, 0.717) is 21.3 Å². The van der Waals surface area contributed by atoms with Crippen LogP contribution in [0.1, 0.15) is 20.3 Å². The topological polar surface area (TPSA) is 42.2 Å². The van der Waals surface area contributed by atoms with Gasteiger partial charge in [0.1, 0.15) is 11.6 Å². The molecular weight excluding hydrogens is 245 g/mol. The Kier molecular flexibility index (Phi) is 2.93. The molecule has 0 radical (unpaired) electrons. The summed E-state index contributed by atoms with van der Waals surface area (Å²) in [5.41, 5.74) is 6.00. The van der Waals surface area contributed by atoms with Crippen LogP contribution in [-0.2, 0) is 0 Å². The molecule has 1 aliphatic rings. The fourth-order valence-corrected chi connectivity index (χ4v) is 2.46. The Bertz CT molecular complexity index is 418. The van der Waals surface area contributed by atoms with Crippen molar-refractivity contribution in [2.24, 2.45) is 5.41 Å². The zero-order chi connectivity index (χ0) is 11.9. The molecule has 1 saturated heterocycles.